The summed E-state index contributed by atoms with van der Waals surface area (Å²) in [5.74, 6) is -0.166. The predicted molar refractivity (Wildman–Crippen MR) is 96.5 cm³/mol. The van der Waals surface area contributed by atoms with Crippen LogP contribution in [0.5, 0.6) is 0 Å². The van der Waals surface area contributed by atoms with Crippen molar-refractivity contribution in [2.75, 3.05) is 25.0 Å². The first kappa shape index (κ1) is 18.8. The second-order valence-corrected chi connectivity index (χ2v) is 6.08. The van der Waals surface area contributed by atoms with Crippen LogP contribution >= 0.6 is 0 Å². The number of urea groups is 1. The molecule has 0 spiro atoms. The summed E-state index contributed by atoms with van der Waals surface area (Å²) in [6.45, 7) is 5.36. The van der Waals surface area contributed by atoms with Crippen molar-refractivity contribution in [3.63, 3.8) is 0 Å². The van der Waals surface area contributed by atoms with E-state index in [-0.39, 0.29) is 23.9 Å². The summed E-state index contributed by atoms with van der Waals surface area (Å²) in [4.78, 5) is 37.6. The first-order valence-electron chi connectivity index (χ1n) is 8.77. The average molecular weight is 346 g/mol. The number of piperidine rings is 1. The number of amides is 4. The van der Waals surface area contributed by atoms with Crippen molar-refractivity contribution in [1.82, 2.24) is 15.5 Å². The summed E-state index contributed by atoms with van der Waals surface area (Å²) in [5.41, 5.74) is 1.08. The Morgan fingerprint density at radius 1 is 1.24 bits per heavy atom. The zero-order valence-corrected chi connectivity index (χ0v) is 14.8. The molecule has 7 heteroatoms. The Kier molecular flexibility index (Phi) is 6.80. The van der Waals surface area contributed by atoms with Crippen LogP contribution in [0.2, 0.25) is 0 Å². The lowest BCUT2D eigenvalue weighted by Crippen LogP contribution is -2.50. The van der Waals surface area contributed by atoms with E-state index in [1.165, 1.54) is 0 Å². The van der Waals surface area contributed by atoms with Gasteiger partial charge in [-0.15, -0.1) is 0 Å². The van der Waals surface area contributed by atoms with Gasteiger partial charge in [-0.3, -0.25) is 9.59 Å². The molecule has 1 fully saturated rings. The lowest BCUT2D eigenvalue weighted by atomic mass is 10.1. The number of anilines is 1. The maximum atomic E-state index is 12.5. The first-order chi connectivity index (χ1) is 12.0. The molecule has 0 bridgehead atoms. The maximum absolute atomic E-state index is 12.5. The van der Waals surface area contributed by atoms with Gasteiger partial charge in [-0.2, -0.15) is 0 Å². The highest BCUT2D eigenvalue weighted by atomic mass is 16.2. The average Bonchev–Trinajstić information content (AvgIpc) is 2.62. The molecule has 4 amide bonds. The van der Waals surface area contributed by atoms with Gasteiger partial charge >= 0.3 is 6.03 Å². The van der Waals surface area contributed by atoms with E-state index in [4.69, 9.17) is 0 Å². The van der Waals surface area contributed by atoms with Crippen molar-refractivity contribution in [3.05, 3.63) is 29.8 Å². The topological polar surface area (TPSA) is 90.5 Å². The van der Waals surface area contributed by atoms with Crippen LogP contribution in [0.4, 0.5) is 10.5 Å². The molecule has 3 N–H and O–H groups in total. The van der Waals surface area contributed by atoms with E-state index >= 15 is 0 Å². The summed E-state index contributed by atoms with van der Waals surface area (Å²) >= 11 is 0. The van der Waals surface area contributed by atoms with Crippen LogP contribution in [0.25, 0.3) is 0 Å². The van der Waals surface area contributed by atoms with Gasteiger partial charge in [0.1, 0.15) is 0 Å². The van der Waals surface area contributed by atoms with Crippen LogP contribution < -0.4 is 16.0 Å². The molecule has 136 valence electrons. The Labute approximate surface area is 148 Å². The highest BCUT2D eigenvalue weighted by molar-refractivity contribution is 5.96. The van der Waals surface area contributed by atoms with Gasteiger partial charge in [0.2, 0.25) is 5.91 Å². The van der Waals surface area contributed by atoms with Gasteiger partial charge in [0, 0.05) is 43.3 Å². The molecule has 1 aliphatic heterocycles. The van der Waals surface area contributed by atoms with Gasteiger partial charge in [-0.25, -0.2) is 4.79 Å². The Balaban J connectivity index is 1.96. The van der Waals surface area contributed by atoms with Gasteiger partial charge in [-0.05, 0) is 38.0 Å². The molecule has 1 heterocycles. The quantitative estimate of drug-likeness (QED) is 0.761. The van der Waals surface area contributed by atoms with Gasteiger partial charge in [0.15, 0.2) is 0 Å². The first-order valence-corrected chi connectivity index (χ1v) is 8.77. The fraction of sp³-hybridized carbons (Fsp3) is 0.500. The second-order valence-electron chi connectivity index (χ2n) is 6.08. The normalized spacial score (nSPS) is 16.9. The van der Waals surface area contributed by atoms with E-state index in [1.54, 1.807) is 29.2 Å². The summed E-state index contributed by atoms with van der Waals surface area (Å²) in [7, 11) is 0. The highest BCUT2D eigenvalue weighted by Crippen LogP contribution is 2.15. The third kappa shape index (κ3) is 5.48. The molecule has 0 saturated carbocycles. The van der Waals surface area contributed by atoms with Crippen molar-refractivity contribution in [2.24, 2.45) is 0 Å². The molecule has 7 nitrogen and oxygen atoms in total. The Hall–Kier alpha value is -2.57. The number of hydrogen-bond acceptors (Lipinski definition) is 3. The van der Waals surface area contributed by atoms with Crippen LogP contribution in [0.3, 0.4) is 0 Å². The highest BCUT2D eigenvalue weighted by Gasteiger charge is 2.24. The van der Waals surface area contributed by atoms with Crippen LogP contribution in [0, 0.1) is 0 Å². The van der Waals surface area contributed by atoms with Crippen LogP contribution in [0.15, 0.2) is 24.3 Å². The van der Waals surface area contributed by atoms with E-state index in [2.05, 4.69) is 16.0 Å². The lowest BCUT2D eigenvalue weighted by Gasteiger charge is -2.33. The van der Waals surface area contributed by atoms with E-state index in [0.29, 0.717) is 37.3 Å². The summed E-state index contributed by atoms with van der Waals surface area (Å²) in [6.07, 6.45) is 2.17. The number of carbonyl (C=O) groups excluding carboxylic acids is 3. The molecule has 0 radical (unpaired) electrons. The second kappa shape index (κ2) is 9.05. The fourth-order valence-electron chi connectivity index (χ4n) is 2.81. The molecular weight excluding hydrogens is 320 g/mol. The molecule has 0 aliphatic carbocycles. The van der Waals surface area contributed by atoms with Crippen molar-refractivity contribution in [2.45, 2.75) is 39.2 Å². The number of likely N-dealkylation sites (tertiary alicyclic amines) is 1. The smallest absolute Gasteiger partial charge is 0.321 e. The Bertz CT molecular complexity index is 633. The van der Waals surface area contributed by atoms with Gasteiger partial charge in [0.25, 0.3) is 5.91 Å². The molecule has 1 aromatic rings. The minimum absolute atomic E-state index is 0.00176. The van der Waals surface area contributed by atoms with Crippen molar-refractivity contribution in [1.29, 1.82) is 0 Å². The van der Waals surface area contributed by atoms with E-state index in [9.17, 15) is 14.4 Å². The maximum Gasteiger partial charge on any atom is 0.321 e. The molecular formula is C18H26N4O3. The van der Waals surface area contributed by atoms with Crippen molar-refractivity contribution >= 4 is 23.5 Å². The Morgan fingerprint density at radius 3 is 2.76 bits per heavy atom. The molecule has 1 aromatic carbocycles. The van der Waals surface area contributed by atoms with E-state index < -0.39 is 0 Å². The Morgan fingerprint density at radius 2 is 2.04 bits per heavy atom. The van der Waals surface area contributed by atoms with E-state index in [1.807, 2.05) is 13.8 Å². The summed E-state index contributed by atoms with van der Waals surface area (Å²) in [6, 6.07) is 6.62. The number of nitrogens with zero attached hydrogens (tertiary/aromatic N) is 1. The molecule has 1 unspecified atom stereocenters. The number of hydrogen-bond donors (Lipinski definition) is 3. The van der Waals surface area contributed by atoms with E-state index in [0.717, 1.165) is 12.8 Å². The lowest BCUT2D eigenvalue weighted by molar-refractivity contribution is -0.121. The van der Waals surface area contributed by atoms with Crippen LogP contribution in [0.1, 0.15) is 43.5 Å². The molecule has 25 heavy (non-hydrogen) atoms. The van der Waals surface area contributed by atoms with Crippen molar-refractivity contribution < 1.29 is 14.4 Å². The molecule has 0 aromatic heterocycles. The molecule has 2 rings (SSSR count). The zero-order chi connectivity index (χ0) is 18.2. The molecule has 1 aliphatic rings. The largest absolute Gasteiger partial charge is 0.352 e. The summed E-state index contributed by atoms with van der Waals surface area (Å²) in [5, 5.41) is 8.51. The third-order valence-electron chi connectivity index (χ3n) is 4.11. The van der Waals surface area contributed by atoms with Gasteiger partial charge in [-0.1, -0.05) is 13.0 Å². The fourth-order valence-corrected chi connectivity index (χ4v) is 2.81. The molecule has 1 atom stereocenters. The number of nitrogens with one attached hydrogen (secondary N) is 3. The van der Waals surface area contributed by atoms with Crippen molar-refractivity contribution in [3.8, 4) is 0 Å². The third-order valence-corrected chi connectivity index (χ3v) is 4.11. The minimum Gasteiger partial charge on any atom is -0.352 e. The number of rotatable bonds is 5. The molecule has 1 saturated heterocycles. The predicted octanol–water partition coefficient (Wildman–Crippen LogP) is 1.96. The SMILES string of the molecule is CCNC(=O)c1cccc(NC(=O)N2CCCC(NC(=O)CC)C2)c1. The number of carbonyl (C=O) groups is 3. The van der Waals surface area contributed by atoms with Gasteiger partial charge < -0.3 is 20.9 Å². The monoisotopic (exact) mass is 346 g/mol. The zero-order valence-electron chi connectivity index (χ0n) is 14.8. The van der Waals surface area contributed by atoms with Crippen LogP contribution in [-0.2, 0) is 4.79 Å². The van der Waals surface area contributed by atoms with Crippen LogP contribution in [-0.4, -0.2) is 48.4 Å². The summed E-state index contributed by atoms with van der Waals surface area (Å²) < 4.78 is 0. The standard InChI is InChI=1S/C18H26N4O3/c1-3-16(23)20-15-9-6-10-22(12-15)18(25)21-14-8-5-7-13(11-14)17(24)19-4-2/h5,7-8,11,15H,3-4,6,9-10,12H2,1-2H3,(H,19,24)(H,20,23)(H,21,25). The van der Waals surface area contributed by atoms with Gasteiger partial charge in [0.05, 0.1) is 0 Å². The minimum atomic E-state index is -0.219. The number of benzene rings is 1.